The summed E-state index contributed by atoms with van der Waals surface area (Å²) in [6.07, 6.45) is 8.05. The molecule has 0 fully saturated rings. The van der Waals surface area contributed by atoms with Crippen molar-refractivity contribution in [2.24, 2.45) is 0 Å². The largest absolute Gasteiger partial charge is 0.462 e. The Labute approximate surface area is 207 Å². The van der Waals surface area contributed by atoms with Crippen LogP contribution in [-0.4, -0.2) is 37.1 Å². The van der Waals surface area contributed by atoms with Crippen LogP contribution in [0.4, 0.5) is 0 Å². The molecule has 6 rings (SSSR count). The number of nitrogens with one attached hydrogen (secondary N) is 2. The Hall–Kier alpha value is -3.68. The molecule has 8 heteroatoms. The molecule has 0 amide bonds. The zero-order chi connectivity index (χ0) is 22.6. The second-order valence-electron chi connectivity index (χ2n) is 7.60. The van der Waals surface area contributed by atoms with Gasteiger partial charge in [0.1, 0.15) is 0 Å². The maximum Gasteiger partial charge on any atom is 0.462 e. The Morgan fingerprint density at radius 3 is 1.50 bits per heavy atom. The van der Waals surface area contributed by atoms with E-state index in [-0.39, 0.29) is 17.1 Å². The van der Waals surface area contributed by atoms with Crippen molar-refractivity contribution in [2.45, 2.75) is 0 Å². The molecule has 0 saturated carbocycles. The maximum absolute atomic E-state index is 8.55. The number of hydrogen-bond acceptors (Lipinski definition) is 4. The number of benzene rings is 1. The predicted octanol–water partition coefficient (Wildman–Crippen LogP) is 3.82. The van der Waals surface area contributed by atoms with Crippen LogP contribution in [0.25, 0.3) is 46.4 Å². The molecule has 0 atom stereocenters. The normalized spacial score (nSPS) is 11.4. The first-order valence-corrected chi connectivity index (χ1v) is 10.5. The summed E-state index contributed by atoms with van der Waals surface area (Å²) in [5, 5.41) is 17.1. The number of nitrogens with zero attached hydrogens (tertiary/aromatic N) is 2. The summed E-state index contributed by atoms with van der Waals surface area (Å²) in [7, 11) is -1.40. The van der Waals surface area contributed by atoms with Crippen molar-refractivity contribution in [1.82, 2.24) is 19.9 Å². The van der Waals surface area contributed by atoms with E-state index >= 15 is 0 Å². The Morgan fingerprint density at radius 2 is 1.09 bits per heavy atom. The predicted molar refractivity (Wildman–Crippen MR) is 134 cm³/mol. The summed E-state index contributed by atoms with van der Waals surface area (Å²) in [4.78, 5) is 16.0. The third-order valence-electron chi connectivity index (χ3n) is 5.05. The van der Waals surface area contributed by atoms with Crippen molar-refractivity contribution in [3.8, 4) is 0 Å². The van der Waals surface area contributed by atoms with Crippen LogP contribution < -0.4 is 5.46 Å². The Balaban J connectivity index is 0.000000234. The third-order valence-corrected chi connectivity index (χ3v) is 5.05. The molecule has 4 aromatic rings. The summed E-state index contributed by atoms with van der Waals surface area (Å²) in [6.45, 7) is 0. The second-order valence-corrected chi connectivity index (χ2v) is 7.60. The third kappa shape index (κ3) is 5.81. The Bertz CT molecular complexity index is 1420. The number of aromatic nitrogens is 4. The van der Waals surface area contributed by atoms with Crippen molar-refractivity contribution in [2.75, 3.05) is 0 Å². The fraction of sp³-hybridized carbons (Fsp3) is 0. The van der Waals surface area contributed by atoms with Gasteiger partial charge in [-0.3, -0.25) is 0 Å². The van der Waals surface area contributed by atoms with Gasteiger partial charge in [-0.2, -0.15) is 30.3 Å². The van der Waals surface area contributed by atoms with E-state index in [0.29, 0.717) is 5.46 Å². The van der Waals surface area contributed by atoms with Gasteiger partial charge in [-0.1, -0.05) is 0 Å². The molecule has 6 nitrogen and oxygen atoms in total. The fourth-order valence-electron chi connectivity index (χ4n) is 3.51. The van der Waals surface area contributed by atoms with Crippen molar-refractivity contribution in [3.63, 3.8) is 0 Å². The zero-order valence-electron chi connectivity index (χ0n) is 18.0. The van der Waals surface area contributed by atoms with Crippen LogP contribution in [0.5, 0.6) is 0 Å². The van der Waals surface area contributed by atoms with E-state index in [1.54, 1.807) is 24.3 Å². The molecule has 0 saturated heterocycles. The van der Waals surface area contributed by atoms with Gasteiger partial charge in [0.05, 0.1) is 22.8 Å². The molecule has 167 valence electrons. The van der Waals surface area contributed by atoms with Gasteiger partial charge in [0.2, 0.25) is 0 Å². The second kappa shape index (κ2) is 10.5. The molecule has 0 aliphatic carbocycles. The van der Waals surface area contributed by atoms with Crippen molar-refractivity contribution < 1.29 is 27.1 Å². The summed E-state index contributed by atoms with van der Waals surface area (Å²) in [5.41, 5.74) is 8.26. The molecule has 2 aliphatic heterocycles. The van der Waals surface area contributed by atoms with Gasteiger partial charge in [-0.25, -0.2) is 9.97 Å². The number of aromatic amines is 2. The molecule has 2 aliphatic rings. The van der Waals surface area contributed by atoms with Gasteiger partial charge in [0, 0.05) is 39.1 Å². The minimum Gasteiger partial charge on any atom is -0.425 e. The summed E-state index contributed by atoms with van der Waals surface area (Å²) in [6, 6.07) is 25.8. The van der Waals surface area contributed by atoms with E-state index in [2.05, 4.69) is 56.3 Å². The number of rotatable bonds is 1. The molecule has 5 heterocycles. The van der Waals surface area contributed by atoms with Crippen LogP contribution in [0.15, 0.2) is 72.8 Å². The Kier molecular flexibility index (Phi) is 7.25. The van der Waals surface area contributed by atoms with Gasteiger partial charge in [0.15, 0.2) is 0 Å². The van der Waals surface area contributed by atoms with Crippen molar-refractivity contribution in [1.29, 1.82) is 0 Å². The van der Waals surface area contributed by atoms with Crippen LogP contribution in [0.1, 0.15) is 22.8 Å². The molecule has 1 aromatic carbocycles. The van der Waals surface area contributed by atoms with E-state index in [1.165, 1.54) is 0 Å². The molecule has 0 spiro atoms. The first-order valence-electron chi connectivity index (χ1n) is 10.5. The van der Waals surface area contributed by atoms with Gasteiger partial charge >= 0.3 is 7.12 Å². The topological polar surface area (TPSA) is 97.8 Å². The monoisotopic (exact) mass is 486 g/mol. The molecule has 8 bridgehead atoms. The van der Waals surface area contributed by atoms with Crippen molar-refractivity contribution >= 4 is 59.0 Å². The van der Waals surface area contributed by atoms with Crippen molar-refractivity contribution in [3.05, 3.63) is 102 Å². The van der Waals surface area contributed by atoms with E-state index in [0.717, 1.165) is 44.8 Å². The molecular weight excluding hydrogens is 466 g/mol. The smallest absolute Gasteiger partial charge is 0.425 e. The van der Waals surface area contributed by atoms with E-state index < -0.39 is 7.12 Å². The minimum atomic E-state index is -1.40. The summed E-state index contributed by atoms with van der Waals surface area (Å²) < 4.78 is 0. The van der Waals surface area contributed by atoms with Gasteiger partial charge in [0.25, 0.3) is 0 Å². The summed E-state index contributed by atoms with van der Waals surface area (Å²) in [5.74, 6) is 0. The van der Waals surface area contributed by atoms with E-state index in [1.807, 2.05) is 42.5 Å². The first-order chi connectivity index (χ1) is 16.1. The molecule has 3 aromatic heterocycles. The maximum atomic E-state index is 8.55. The Morgan fingerprint density at radius 1 is 0.618 bits per heavy atom. The molecule has 0 unspecified atom stereocenters. The van der Waals surface area contributed by atoms with E-state index in [9.17, 15) is 0 Å². The number of fused-ring (bicyclic) bond motifs is 8. The summed E-state index contributed by atoms with van der Waals surface area (Å²) >= 11 is 0. The average molecular weight is 486 g/mol. The SMILES string of the molecule is C1=Cc2cc3ccc(cc4ccc(cc5nc(cc1n2)C=C5)[nH]4)[nH]3.OB(O)c1[c-]cccc1.[Mn]. The van der Waals surface area contributed by atoms with Crippen LogP contribution in [0, 0.1) is 6.07 Å². The number of H-pyrrole nitrogens is 2. The average Bonchev–Trinajstić information content (AvgIpc) is 3.61. The molecule has 1 radical (unpaired) electrons. The standard InChI is InChI=1S/C20H14N4.C6H6BO2.Mn/c1-2-14-10-16-5-6-18(23-16)12-20-8-7-19(24-20)11-17-4-3-15(22-17)9-13(1)21-14;8-7(9)6-4-2-1-3-5-6;/h1-12,21-22H;1-4,8-9H;/q;-1;. The zero-order valence-corrected chi connectivity index (χ0v) is 19.2. The van der Waals surface area contributed by atoms with Crippen LogP contribution in [0.2, 0.25) is 0 Å². The fourth-order valence-corrected chi connectivity index (χ4v) is 3.51. The van der Waals surface area contributed by atoms with Crippen LogP contribution >= 0.6 is 0 Å². The molecule has 34 heavy (non-hydrogen) atoms. The quantitative estimate of drug-likeness (QED) is 0.210. The van der Waals surface area contributed by atoms with Gasteiger partial charge in [-0.15, -0.1) is 5.46 Å². The minimum absolute atomic E-state index is 0. The first kappa shape index (κ1) is 23.5. The van der Waals surface area contributed by atoms with E-state index in [4.69, 9.17) is 10.0 Å². The van der Waals surface area contributed by atoms with Gasteiger partial charge in [-0.05, 0) is 72.8 Å². The van der Waals surface area contributed by atoms with Crippen LogP contribution in [-0.2, 0) is 17.1 Å². The molecule has 4 N–H and O–H groups in total. The van der Waals surface area contributed by atoms with Gasteiger partial charge < -0.3 is 20.0 Å². The molecular formula is C26H20BMnN4O2-. The van der Waals surface area contributed by atoms with Crippen LogP contribution in [0.3, 0.4) is 0 Å². The number of hydrogen-bond donors (Lipinski definition) is 4.